The van der Waals surface area contributed by atoms with E-state index in [2.05, 4.69) is 10.5 Å². The lowest BCUT2D eigenvalue weighted by Gasteiger charge is -2.28. The minimum Gasteiger partial charge on any atom is -0.467 e. The summed E-state index contributed by atoms with van der Waals surface area (Å²) in [6.07, 6.45) is -0.723. The number of hydrogen-bond acceptors (Lipinski definition) is 7. The number of likely N-dealkylation sites (N-methyl/N-ethyl adjacent to an activating group) is 1. The zero-order valence-corrected chi connectivity index (χ0v) is 20.0. The smallest absolute Gasteiger partial charge is 0.428 e. The molecule has 3 unspecified atom stereocenters. The Balaban J connectivity index is 2.42. The SMILES string of the molecule is CCN(CC)C(=O)C(/C(C)=N/NC(=O)OC(C)(C)C)N1CC1(C(=O)OC)c1ccccc1. The quantitative estimate of drug-likeness (QED) is 0.285. The van der Waals surface area contributed by atoms with Crippen molar-refractivity contribution in [1.82, 2.24) is 15.2 Å². The van der Waals surface area contributed by atoms with Crippen LogP contribution in [0.3, 0.4) is 0 Å². The van der Waals surface area contributed by atoms with Gasteiger partial charge in [0.05, 0.1) is 12.8 Å². The molecule has 1 aromatic rings. The van der Waals surface area contributed by atoms with E-state index in [1.54, 1.807) is 37.5 Å². The van der Waals surface area contributed by atoms with Crippen LogP contribution < -0.4 is 5.43 Å². The van der Waals surface area contributed by atoms with Crippen molar-refractivity contribution in [2.75, 3.05) is 26.7 Å². The Kier molecular flexibility index (Phi) is 8.01. The Bertz CT molecular complexity index is 861. The molecule has 1 fully saturated rings. The second-order valence-electron chi connectivity index (χ2n) is 8.63. The summed E-state index contributed by atoms with van der Waals surface area (Å²) in [5.41, 5.74) is 1.66. The van der Waals surface area contributed by atoms with Crippen LogP contribution in [0.15, 0.2) is 35.4 Å². The molecule has 2 rings (SSSR count). The molecule has 0 spiro atoms. The fraction of sp³-hybridized carbons (Fsp3) is 0.565. The molecule has 0 saturated carbocycles. The van der Waals surface area contributed by atoms with Gasteiger partial charge in [-0.1, -0.05) is 30.3 Å². The van der Waals surface area contributed by atoms with Crippen molar-refractivity contribution in [2.24, 2.45) is 5.10 Å². The second kappa shape index (κ2) is 10.1. The minimum atomic E-state index is -1.09. The van der Waals surface area contributed by atoms with Crippen LogP contribution in [-0.2, 0) is 24.6 Å². The average Bonchev–Trinajstić information content (AvgIpc) is 3.48. The summed E-state index contributed by atoms with van der Waals surface area (Å²) < 4.78 is 10.3. The third kappa shape index (κ3) is 5.45. The zero-order chi connectivity index (χ0) is 24.1. The van der Waals surface area contributed by atoms with E-state index in [1.807, 2.05) is 44.2 Å². The molecule has 1 aliphatic heterocycles. The van der Waals surface area contributed by atoms with Crippen LogP contribution in [0.1, 0.15) is 47.1 Å². The van der Waals surface area contributed by atoms with E-state index in [1.165, 1.54) is 7.11 Å². The van der Waals surface area contributed by atoms with E-state index >= 15 is 0 Å². The number of esters is 1. The van der Waals surface area contributed by atoms with Crippen molar-refractivity contribution in [3.63, 3.8) is 0 Å². The van der Waals surface area contributed by atoms with E-state index in [9.17, 15) is 14.4 Å². The number of hydrogen-bond donors (Lipinski definition) is 1. The molecule has 1 heterocycles. The first-order valence-electron chi connectivity index (χ1n) is 10.7. The van der Waals surface area contributed by atoms with Crippen molar-refractivity contribution in [3.8, 4) is 0 Å². The highest BCUT2D eigenvalue weighted by molar-refractivity contribution is 6.08. The fourth-order valence-corrected chi connectivity index (χ4v) is 3.70. The van der Waals surface area contributed by atoms with Crippen molar-refractivity contribution < 1.29 is 23.9 Å². The molecule has 1 N–H and O–H groups in total. The Hall–Kier alpha value is -2.94. The monoisotopic (exact) mass is 446 g/mol. The highest BCUT2D eigenvalue weighted by atomic mass is 16.6. The number of rotatable bonds is 8. The van der Waals surface area contributed by atoms with Gasteiger partial charge in [-0.3, -0.25) is 9.69 Å². The lowest BCUT2D eigenvalue weighted by atomic mass is 9.98. The Morgan fingerprint density at radius 2 is 1.78 bits per heavy atom. The van der Waals surface area contributed by atoms with Crippen LogP contribution >= 0.6 is 0 Å². The van der Waals surface area contributed by atoms with Crippen molar-refractivity contribution in [1.29, 1.82) is 0 Å². The van der Waals surface area contributed by atoms with E-state index in [4.69, 9.17) is 9.47 Å². The van der Waals surface area contributed by atoms with E-state index < -0.39 is 29.2 Å². The van der Waals surface area contributed by atoms with Gasteiger partial charge in [0.1, 0.15) is 11.6 Å². The van der Waals surface area contributed by atoms with E-state index in [0.717, 1.165) is 5.56 Å². The number of benzene rings is 1. The third-order valence-corrected chi connectivity index (χ3v) is 5.30. The highest BCUT2D eigenvalue weighted by Gasteiger charge is 2.65. The van der Waals surface area contributed by atoms with Crippen LogP contribution in [0.2, 0.25) is 0 Å². The molecule has 0 bridgehead atoms. The number of carbonyl (C=O) groups excluding carboxylic acids is 3. The van der Waals surface area contributed by atoms with E-state index in [-0.39, 0.29) is 5.91 Å². The fourth-order valence-electron chi connectivity index (χ4n) is 3.70. The molecule has 0 aliphatic carbocycles. The summed E-state index contributed by atoms with van der Waals surface area (Å²) in [7, 11) is 1.33. The molecule has 2 amide bonds. The third-order valence-electron chi connectivity index (χ3n) is 5.30. The molecular weight excluding hydrogens is 412 g/mol. The van der Waals surface area contributed by atoms with Crippen LogP contribution in [0.25, 0.3) is 0 Å². The molecule has 1 saturated heterocycles. The summed E-state index contributed by atoms with van der Waals surface area (Å²) in [5.74, 6) is -0.655. The topological polar surface area (TPSA) is 100 Å². The molecule has 0 radical (unpaired) electrons. The minimum absolute atomic E-state index is 0.205. The van der Waals surface area contributed by atoms with E-state index in [0.29, 0.717) is 25.3 Å². The number of amides is 2. The molecule has 176 valence electrons. The van der Waals surface area contributed by atoms with Gasteiger partial charge in [-0.05, 0) is 47.1 Å². The summed E-state index contributed by atoms with van der Waals surface area (Å²) in [6, 6.07) is 8.34. The Labute approximate surface area is 189 Å². The highest BCUT2D eigenvalue weighted by Crippen LogP contribution is 2.46. The van der Waals surface area contributed by atoms with Gasteiger partial charge in [0.15, 0.2) is 5.54 Å². The molecule has 1 aromatic carbocycles. The maximum atomic E-state index is 13.4. The predicted octanol–water partition coefficient (Wildman–Crippen LogP) is 2.51. The number of hydrazone groups is 1. The first-order chi connectivity index (χ1) is 15.0. The predicted molar refractivity (Wildman–Crippen MR) is 121 cm³/mol. The van der Waals surface area contributed by atoms with Gasteiger partial charge in [0, 0.05) is 19.6 Å². The molecule has 3 atom stereocenters. The summed E-state index contributed by atoms with van der Waals surface area (Å²) >= 11 is 0. The van der Waals surface area contributed by atoms with Crippen molar-refractivity contribution >= 4 is 23.7 Å². The molecular formula is C23H34N4O5. The standard InChI is InChI=1S/C23H34N4O5/c1-8-26(9-2)19(28)18(16(3)24-25-21(30)32-22(4,5)6)27-15-23(27,20(29)31-7)17-13-11-10-12-14-17/h10-14,18H,8-9,15H2,1-7H3,(H,25,30)/b24-16+. The molecule has 9 nitrogen and oxygen atoms in total. The van der Waals surface area contributed by atoms with Crippen LogP contribution in [0.5, 0.6) is 0 Å². The first-order valence-corrected chi connectivity index (χ1v) is 10.7. The zero-order valence-electron chi connectivity index (χ0n) is 20.0. The molecule has 32 heavy (non-hydrogen) atoms. The Morgan fingerprint density at radius 3 is 2.28 bits per heavy atom. The summed E-state index contributed by atoms with van der Waals surface area (Å²) in [6.45, 7) is 12.0. The largest absolute Gasteiger partial charge is 0.467 e. The van der Waals surface area contributed by atoms with Gasteiger partial charge in [-0.2, -0.15) is 5.10 Å². The summed E-state index contributed by atoms with van der Waals surface area (Å²) in [4.78, 5) is 41.8. The number of ether oxygens (including phenoxy) is 2. The van der Waals surface area contributed by atoms with Crippen molar-refractivity contribution in [3.05, 3.63) is 35.9 Å². The number of nitrogens with zero attached hydrogens (tertiary/aromatic N) is 3. The van der Waals surface area contributed by atoms with Gasteiger partial charge in [0.2, 0.25) is 5.91 Å². The molecule has 9 heteroatoms. The molecule has 1 aliphatic rings. The number of nitrogens with one attached hydrogen (secondary N) is 1. The maximum absolute atomic E-state index is 13.4. The van der Waals surface area contributed by atoms with Crippen LogP contribution in [-0.4, -0.2) is 71.9 Å². The lowest BCUT2D eigenvalue weighted by Crippen LogP contribution is -2.49. The average molecular weight is 447 g/mol. The van der Waals surface area contributed by atoms with Gasteiger partial charge in [0.25, 0.3) is 0 Å². The van der Waals surface area contributed by atoms with Gasteiger partial charge >= 0.3 is 12.1 Å². The second-order valence-corrected chi connectivity index (χ2v) is 8.63. The summed E-state index contributed by atoms with van der Waals surface area (Å²) in [5, 5.41) is 4.14. The van der Waals surface area contributed by atoms with Gasteiger partial charge in [-0.25, -0.2) is 15.0 Å². The maximum Gasteiger partial charge on any atom is 0.428 e. The van der Waals surface area contributed by atoms with Gasteiger partial charge in [-0.15, -0.1) is 0 Å². The Morgan fingerprint density at radius 1 is 1.19 bits per heavy atom. The molecule has 0 aromatic heterocycles. The first kappa shape index (κ1) is 25.3. The van der Waals surface area contributed by atoms with Crippen LogP contribution in [0.4, 0.5) is 4.79 Å². The van der Waals surface area contributed by atoms with Gasteiger partial charge < -0.3 is 14.4 Å². The lowest BCUT2D eigenvalue weighted by molar-refractivity contribution is -0.146. The normalized spacial score (nSPS) is 21.3. The van der Waals surface area contributed by atoms with Crippen molar-refractivity contribution in [2.45, 2.75) is 58.7 Å². The van der Waals surface area contributed by atoms with Crippen LogP contribution in [0, 0.1) is 0 Å². The number of methoxy groups -OCH3 is 1. The number of carbonyl (C=O) groups is 3.